The van der Waals surface area contributed by atoms with E-state index in [9.17, 15) is 18.0 Å². The van der Waals surface area contributed by atoms with Crippen molar-refractivity contribution in [1.29, 1.82) is 0 Å². The van der Waals surface area contributed by atoms with Gasteiger partial charge in [-0.2, -0.15) is 18.3 Å². The lowest BCUT2D eigenvalue weighted by atomic mass is 9.91. The molecule has 1 amide bonds. The Hall–Kier alpha value is -4.87. The number of nitrogens with one attached hydrogen (secondary N) is 2. The number of H-pyrrole nitrogens is 1. The highest BCUT2D eigenvalue weighted by Gasteiger charge is 2.65. The van der Waals surface area contributed by atoms with Crippen LogP contribution in [0.25, 0.3) is 27.8 Å². The fraction of sp³-hybridized carbons (Fsp3) is 0.185. The van der Waals surface area contributed by atoms with Crippen LogP contribution in [0, 0.1) is 0 Å². The maximum Gasteiger partial charge on any atom is 0.490 e. The first-order valence-electron chi connectivity index (χ1n) is 11.8. The van der Waals surface area contributed by atoms with Gasteiger partial charge < -0.3 is 19.6 Å². The molecule has 3 aromatic heterocycles. The van der Waals surface area contributed by atoms with Crippen molar-refractivity contribution in [2.45, 2.75) is 23.9 Å². The molecule has 0 unspecified atom stereocenters. The summed E-state index contributed by atoms with van der Waals surface area (Å²) in [7, 11) is 1.65. The maximum atomic E-state index is 13.0. The molecule has 1 fully saturated rings. The van der Waals surface area contributed by atoms with Crippen molar-refractivity contribution in [1.82, 2.24) is 19.6 Å². The summed E-state index contributed by atoms with van der Waals surface area (Å²) in [5, 5.41) is 19.0. The highest BCUT2D eigenvalue weighted by Crippen LogP contribution is 2.65. The minimum absolute atomic E-state index is 0.0739. The molecule has 9 nitrogen and oxygen atoms in total. The second kappa shape index (κ2) is 8.58. The number of carbonyl (C=O) groups is 2. The van der Waals surface area contributed by atoms with Crippen molar-refractivity contribution in [3.05, 3.63) is 78.2 Å². The SMILES string of the molecule is COc1ccc2c(c1)[C@]1(C[C@H]1c1ccc3c(-c4ccc5nccn5c4)n[nH]c3c1)C(=O)N2.O=C(O)C(F)(F)F. The van der Waals surface area contributed by atoms with Gasteiger partial charge in [0.15, 0.2) is 0 Å². The van der Waals surface area contributed by atoms with Crippen LogP contribution in [-0.2, 0) is 15.0 Å². The Labute approximate surface area is 218 Å². The third-order valence-electron chi connectivity index (χ3n) is 7.22. The van der Waals surface area contributed by atoms with Crippen LogP contribution in [0.2, 0.25) is 0 Å². The van der Waals surface area contributed by atoms with E-state index in [1.54, 1.807) is 13.3 Å². The molecule has 0 saturated heterocycles. The summed E-state index contributed by atoms with van der Waals surface area (Å²) < 4.78 is 39.1. The molecule has 0 radical (unpaired) electrons. The lowest BCUT2D eigenvalue weighted by Crippen LogP contribution is -2.21. The van der Waals surface area contributed by atoms with E-state index in [0.717, 1.165) is 56.8 Å². The number of pyridine rings is 1. The summed E-state index contributed by atoms with van der Waals surface area (Å²) >= 11 is 0. The largest absolute Gasteiger partial charge is 0.497 e. The van der Waals surface area contributed by atoms with Gasteiger partial charge in [0.1, 0.15) is 17.1 Å². The van der Waals surface area contributed by atoms with Gasteiger partial charge in [-0.15, -0.1) is 0 Å². The van der Waals surface area contributed by atoms with Crippen molar-refractivity contribution in [2.24, 2.45) is 0 Å². The maximum absolute atomic E-state index is 13.0. The van der Waals surface area contributed by atoms with Crippen LogP contribution < -0.4 is 10.1 Å². The van der Waals surface area contributed by atoms with Gasteiger partial charge in [0, 0.05) is 41.1 Å². The van der Waals surface area contributed by atoms with Crippen molar-refractivity contribution < 1.29 is 32.6 Å². The molecule has 2 aromatic carbocycles. The molecule has 7 rings (SSSR count). The normalized spacial score (nSPS) is 19.5. The monoisotopic (exact) mass is 535 g/mol. The third-order valence-corrected chi connectivity index (χ3v) is 7.22. The molecule has 4 heterocycles. The zero-order valence-electron chi connectivity index (χ0n) is 20.3. The van der Waals surface area contributed by atoms with Crippen LogP contribution in [0.15, 0.2) is 67.1 Å². The number of anilines is 1. The van der Waals surface area contributed by atoms with E-state index >= 15 is 0 Å². The number of methoxy groups -OCH3 is 1. The summed E-state index contributed by atoms with van der Waals surface area (Å²) in [4.78, 5) is 26.2. The number of fused-ring (bicyclic) bond motifs is 4. The smallest absolute Gasteiger partial charge is 0.490 e. The second-order valence-electron chi connectivity index (χ2n) is 9.38. The predicted octanol–water partition coefficient (Wildman–Crippen LogP) is 4.90. The van der Waals surface area contributed by atoms with Crippen LogP contribution in [0.4, 0.5) is 18.9 Å². The Balaban J connectivity index is 0.000000353. The third kappa shape index (κ3) is 3.95. The van der Waals surface area contributed by atoms with Gasteiger partial charge in [-0.1, -0.05) is 12.1 Å². The Bertz CT molecular complexity index is 1780. The van der Waals surface area contributed by atoms with Gasteiger partial charge in [0.05, 0.1) is 18.0 Å². The number of hydrogen-bond donors (Lipinski definition) is 3. The quantitative estimate of drug-likeness (QED) is 0.302. The molecule has 198 valence electrons. The number of aromatic nitrogens is 4. The zero-order chi connectivity index (χ0) is 27.5. The fourth-order valence-corrected chi connectivity index (χ4v) is 5.23. The van der Waals surface area contributed by atoms with Crippen molar-refractivity contribution >= 4 is 34.1 Å². The summed E-state index contributed by atoms with van der Waals surface area (Å²) in [6.07, 6.45) is 1.46. The zero-order valence-corrected chi connectivity index (χ0v) is 20.3. The average molecular weight is 535 g/mol. The molecule has 1 spiro atoms. The van der Waals surface area contributed by atoms with Gasteiger partial charge >= 0.3 is 12.1 Å². The van der Waals surface area contributed by atoms with Crippen molar-refractivity contribution in [2.75, 3.05) is 12.4 Å². The summed E-state index contributed by atoms with van der Waals surface area (Å²) in [5.41, 5.74) is 6.35. The summed E-state index contributed by atoms with van der Waals surface area (Å²) in [6, 6.07) is 16.2. The van der Waals surface area contributed by atoms with E-state index in [0.29, 0.717) is 0 Å². The topological polar surface area (TPSA) is 122 Å². The molecule has 1 saturated carbocycles. The first-order chi connectivity index (χ1) is 18.6. The molecule has 39 heavy (non-hydrogen) atoms. The minimum atomic E-state index is -5.08. The van der Waals surface area contributed by atoms with Crippen molar-refractivity contribution in [3.8, 4) is 17.0 Å². The standard InChI is InChI=1S/C25H19N5O2.C2HF3O2/c1-32-16-4-6-20-18(11-16)25(24(31)27-20)12-19(25)14-2-5-17-21(10-14)28-29-23(17)15-3-7-22-26-8-9-30(22)13-15;3-2(4,5)1(6)7/h2-11,13,19H,12H2,1H3,(H,27,31)(H,28,29);(H,6,7)/t19-,25-;/m0./s1. The molecule has 3 N–H and O–H groups in total. The fourth-order valence-electron chi connectivity index (χ4n) is 5.23. The van der Waals surface area contributed by atoms with E-state index < -0.39 is 17.6 Å². The van der Waals surface area contributed by atoms with Crippen LogP contribution in [0.3, 0.4) is 0 Å². The van der Waals surface area contributed by atoms with E-state index in [1.165, 1.54) is 0 Å². The van der Waals surface area contributed by atoms with E-state index in [4.69, 9.17) is 14.6 Å². The number of halogens is 3. The molecule has 2 atom stereocenters. The number of aromatic amines is 1. The number of alkyl halides is 3. The number of aliphatic carboxylic acids is 1. The lowest BCUT2D eigenvalue weighted by molar-refractivity contribution is -0.192. The van der Waals surface area contributed by atoms with Gasteiger partial charge in [0.2, 0.25) is 5.91 Å². The number of ether oxygens (including phenoxy) is 1. The number of carboxylic acid groups (broad SMARTS) is 1. The lowest BCUT2D eigenvalue weighted by Gasteiger charge is -2.10. The van der Waals surface area contributed by atoms with Gasteiger partial charge in [-0.25, -0.2) is 9.78 Å². The number of rotatable bonds is 3. The Morgan fingerprint density at radius 1 is 1.18 bits per heavy atom. The van der Waals surface area contributed by atoms with Crippen LogP contribution in [-0.4, -0.2) is 49.9 Å². The Morgan fingerprint density at radius 3 is 2.72 bits per heavy atom. The van der Waals surface area contributed by atoms with Gasteiger partial charge in [0.25, 0.3) is 0 Å². The van der Waals surface area contributed by atoms with Crippen LogP contribution in [0.5, 0.6) is 5.75 Å². The Morgan fingerprint density at radius 2 is 1.97 bits per heavy atom. The summed E-state index contributed by atoms with van der Waals surface area (Å²) in [5.74, 6) is -1.78. The molecular weight excluding hydrogens is 515 g/mol. The molecule has 1 aliphatic heterocycles. The first-order valence-corrected chi connectivity index (χ1v) is 11.8. The van der Waals surface area contributed by atoms with Crippen molar-refractivity contribution in [3.63, 3.8) is 0 Å². The highest BCUT2D eigenvalue weighted by molar-refractivity contribution is 6.10. The predicted molar refractivity (Wildman–Crippen MR) is 135 cm³/mol. The molecule has 2 aliphatic rings. The number of hydrogen-bond acceptors (Lipinski definition) is 5. The number of amides is 1. The van der Waals surface area contributed by atoms with E-state index in [2.05, 4.69) is 38.7 Å². The van der Waals surface area contributed by atoms with Crippen LogP contribution >= 0.6 is 0 Å². The first kappa shape index (κ1) is 24.5. The molecular formula is C27H20F3N5O4. The summed E-state index contributed by atoms with van der Waals surface area (Å²) in [6.45, 7) is 0. The molecule has 1 aliphatic carbocycles. The number of carboxylic acids is 1. The van der Waals surface area contributed by atoms with Gasteiger partial charge in [-0.05, 0) is 53.9 Å². The second-order valence-corrected chi connectivity index (χ2v) is 9.38. The average Bonchev–Trinajstić information content (AvgIpc) is 3.16. The molecule has 12 heteroatoms. The highest BCUT2D eigenvalue weighted by atomic mass is 19.4. The van der Waals surface area contributed by atoms with E-state index in [1.807, 2.05) is 47.1 Å². The van der Waals surface area contributed by atoms with E-state index in [-0.39, 0.29) is 11.8 Å². The number of imidazole rings is 1. The number of nitrogens with zero attached hydrogens (tertiary/aromatic N) is 3. The number of carbonyl (C=O) groups excluding carboxylic acids is 1. The Kier molecular flexibility index (Phi) is 5.38. The molecule has 0 bridgehead atoms. The van der Waals surface area contributed by atoms with Crippen LogP contribution in [0.1, 0.15) is 23.5 Å². The number of benzene rings is 2. The molecule has 5 aromatic rings. The minimum Gasteiger partial charge on any atom is -0.497 e. The van der Waals surface area contributed by atoms with Gasteiger partial charge in [-0.3, -0.25) is 9.89 Å².